The maximum Gasteiger partial charge on any atom is 0.252 e. The van der Waals surface area contributed by atoms with Gasteiger partial charge in [0.1, 0.15) is 4.21 Å². The maximum atomic E-state index is 12.8. The van der Waals surface area contributed by atoms with Gasteiger partial charge in [-0.3, -0.25) is 0 Å². The molecule has 4 heterocycles. The van der Waals surface area contributed by atoms with E-state index in [9.17, 15) is 8.42 Å². The Kier molecular flexibility index (Phi) is 4.94. The summed E-state index contributed by atoms with van der Waals surface area (Å²) in [5.41, 5.74) is 0. The summed E-state index contributed by atoms with van der Waals surface area (Å²) in [6, 6.07) is 9.18. The van der Waals surface area contributed by atoms with E-state index in [0.717, 1.165) is 17.1 Å². The van der Waals surface area contributed by atoms with Gasteiger partial charge in [-0.15, -0.1) is 21.5 Å². The zero-order chi connectivity index (χ0) is 18.9. The molecule has 0 saturated carbocycles. The Hall–Kier alpha value is -2.30. The fourth-order valence-electron chi connectivity index (χ4n) is 2.99. The number of rotatable bonds is 5. The quantitative estimate of drug-likeness (QED) is 0.645. The van der Waals surface area contributed by atoms with Gasteiger partial charge in [0.15, 0.2) is 11.6 Å². The first kappa shape index (κ1) is 18.1. The first-order chi connectivity index (χ1) is 13.1. The first-order valence-corrected chi connectivity index (χ1v) is 11.0. The molecule has 4 rings (SSSR count). The van der Waals surface area contributed by atoms with E-state index in [-0.39, 0.29) is 0 Å². The molecule has 1 saturated heterocycles. The zero-order valence-corrected chi connectivity index (χ0v) is 16.5. The summed E-state index contributed by atoms with van der Waals surface area (Å²) < 4.78 is 29.3. The summed E-state index contributed by atoms with van der Waals surface area (Å²) in [5.74, 6) is 1.39. The molecule has 0 spiro atoms. The van der Waals surface area contributed by atoms with Gasteiger partial charge in [0.05, 0.1) is 0 Å². The largest absolute Gasteiger partial charge is 0.352 e. The number of aromatic nitrogens is 4. The predicted molar refractivity (Wildman–Crippen MR) is 104 cm³/mol. The van der Waals surface area contributed by atoms with Crippen LogP contribution < -0.4 is 4.90 Å². The van der Waals surface area contributed by atoms with Crippen LogP contribution >= 0.6 is 11.3 Å². The van der Waals surface area contributed by atoms with Crippen molar-refractivity contribution in [1.29, 1.82) is 0 Å². The third-order valence-electron chi connectivity index (χ3n) is 4.52. The highest BCUT2D eigenvalue weighted by Gasteiger charge is 2.30. The van der Waals surface area contributed by atoms with Crippen LogP contribution in [-0.2, 0) is 16.4 Å². The molecule has 1 aliphatic rings. The Morgan fingerprint density at radius 1 is 1.04 bits per heavy atom. The minimum atomic E-state index is -3.42. The summed E-state index contributed by atoms with van der Waals surface area (Å²) in [7, 11) is -3.42. The number of anilines is 1. The second-order valence-electron chi connectivity index (χ2n) is 6.17. The van der Waals surface area contributed by atoms with Crippen LogP contribution in [0.2, 0.25) is 0 Å². The Labute approximate surface area is 162 Å². The molecule has 0 amide bonds. The van der Waals surface area contributed by atoms with E-state index >= 15 is 0 Å². The van der Waals surface area contributed by atoms with Crippen LogP contribution in [0.25, 0.3) is 5.82 Å². The topological polar surface area (TPSA) is 84.2 Å². The van der Waals surface area contributed by atoms with E-state index in [2.05, 4.69) is 20.2 Å². The molecule has 0 bridgehead atoms. The lowest BCUT2D eigenvalue weighted by atomic mass is 10.3. The minimum absolute atomic E-state index is 0.427. The highest BCUT2D eigenvalue weighted by atomic mass is 32.2. The molecule has 0 radical (unpaired) electrons. The highest BCUT2D eigenvalue weighted by molar-refractivity contribution is 7.91. The Balaban J connectivity index is 1.42. The fourth-order valence-corrected chi connectivity index (χ4v) is 5.86. The molecular weight excluding hydrogens is 384 g/mol. The van der Waals surface area contributed by atoms with Crippen molar-refractivity contribution in [3.8, 4) is 5.82 Å². The lowest BCUT2D eigenvalue weighted by Gasteiger charge is -2.34. The van der Waals surface area contributed by atoms with Gasteiger partial charge < -0.3 is 4.90 Å². The van der Waals surface area contributed by atoms with E-state index in [1.54, 1.807) is 21.3 Å². The molecule has 1 aliphatic heterocycles. The van der Waals surface area contributed by atoms with E-state index in [4.69, 9.17) is 0 Å². The lowest BCUT2D eigenvalue weighted by Crippen LogP contribution is -2.48. The van der Waals surface area contributed by atoms with Gasteiger partial charge in [-0.05, 0) is 36.8 Å². The van der Waals surface area contributed by atoms with Crippen molar-refractivity contribution in [2.45, 2.75) is 17.6 Å². The van der Waals surface area contributed by atoms with Crippen LogP contribution in [0.4, 0.5) is 5.82 Å². The van der Waals surface area contributed by atoms with Crippen molar-refractivity contribution in [1.82, 2.24) is 24.3 Å². The SMILES string of the molecule is CCc1ccc(S(=O)(=O)N2CCN(c3ccc(-n4cccn4)nn3)CC2)s1. The average Bonchev–Trinajstić information content (AvgIpc) is 3.40. The number of aryl methyl sites for hydroxylation is 1. The Bertz CT molecular complexity index is 990. The van der Waals surface area contributed by atoms with Crippen molar-refractivity contribution in [2.24, 2.45) is 0 Å². The van der Waals surface area contributed by atoms with E-state index in [0.29, 0.717) is 36.2 Å². The molecule has 0 aliphatic carbocycles. The van der Waals surface area contributed by atoms with Crippen LogP contribution in [0, 0.1) is 0 Å². The second-order valence-corrected chi connectivity index (χ2v) is 9.50. The number of sulfonamides is 1. The summed E-state index contributed by atoms with van der Waals surface area (Å²) in [4.78, 5) is 3.14. The Morgan fingerprint density at radius 2 is 1.78 bits per heavy atom. The number of hydrogen-bond donors (Lipinski definition) is 0. The van der Waals surface area contributed by atoms with E-state index in [1.165, 1.54) is 11.3 Å². The fraction of sp³-hybridized carbons (Fsp3) is 0.353. The van der Waals surface area contributed by atoms with Crippen LogP contribution in [0.3, 0.4) is 0 Å². The molecule has 8 nitrogen and oxygen atoms in total. The van der Waals surface area contributed by atoms with Gasteiger partial charge in [-0.2, -0.15) is 9.40 Å². The van der Waals surface area contributed by atoms with Crippen molar-refractivity contribution < 1.29 is 8.42 Å². The third kappa shape index (κ3) is 3.60. The van der Waals surface area contributed by atoms with Gasteiger partial charge in [0.25, 0.3) is 10.0 Å². The Morgan fingerprint density at radius 3 is 2.37 bits per heavy atom. The van der Waals surface area contributed by atoms with E-state index < -0.39 is 10.0 Å². The standard InChI is InChI=1S/C17H20N6O2S2/c1-2-14-4-7-17(26-14)27(24,25)22-12-10-21(11-13-22)15-5-6-16(20-19-15)23-9-3-8-18-23/h3-9H,2,10-13H2,1H3. The molecule has 142 valence electrons. The molecule has 0 N–H and O–H groups in total. The van der Waals surface area contributed by atoms with Gasteiger partial charge in [-0.1, -0.05) is 6.92 Å². The molecule has 0 unspecified atom stereocenters. The van der Waals surface area contributed by atoms with Gasteiger partial charge in [-0.25, -0.2) is 13.1 Å². The number of piperazine rings is 1. The molecular formula is C17H20N6O2S2. The second kappa shape index (κ2) is 7.37. The van der Waals surface area contributed by atoms with Crippen LogP contribution in [0.5, 0.6) is 0 Å². The molecule has 1 fully saturated rings. The van der Waals surface area contributed by atoms with Crippen molar-refractivity contribution >= 4 is 27.2 Å². The molecule has 0 aromatic carbocycles. The van der Waals surface area contributed by atoms with Crippen LogP contribution in [-0.4, -0.2) is 58.9 Å². The normalized spacial score (nSPS) is 16.0. The number of nitrogens with zero attached hydrogens (tertiary/aromatic N) is 6. The minimum Gasteiger partial charge on any atom is -0.352 e. The summed E-state index contributed by atoms with van der Waals surface area (Å²) in [5, 5.41) is 12.6. The first-order valence-electron chi connectivity index (χ1n) is 8.75. The number of hydrogen-bond acceptors (Lipinski definition) is 7. The molecule has 3 aromatic rings. The van der Waals surface area contributed by atoms with Crippen LogP contribution in [0.1, 0.15) is 11.8 Å². The van der Waals surface area contributed by atoms with Gasteiger partial charge in [0.2, 0.25) is 0 Å². The van der Waals surface area contributed by atoms with Crippen LogP contribution in [0.15, 0.2) is 46.9 Å². The average molecular weight is 405 g/mol. The van der Waals surface area contributed by atoms with E-state index in [1.807, 2.05) is 37.4 Å². The van der Waals surface area contributed by atoms with Crippen molar-refractivity contribution in [3.05, 3.63) is 47.6 Å². The predicted octanol–water partition coefficient (Wildman–Crippen LogP) is 1.80. The monoisotopic (exact) mass is 404 g/mol. The lowest BCUT2D eigenvalue weighted by molar-refractivity contribution is 0.384. The molecule has 3 aromatic heterocycles. The third-order valence-corrected chi connectivity index (χ3v) is 8.11. The molecule has 27 heavy (non-hydrogen) atoms. The van der Waals surface area contributed by atoms with Crippen molar-refractivity contribution in [3.63, 3.8) is 0 Å². The molecule has 10 heteroatoms. The molecule has 0 atom stereocenters. The number of thiophene rings is 1. The maximum absolute atomic E-state index is 12.8. The van der Waals surface area contributed by atoms with Crippen molar-refractivity contribution in [2.75, 3.05) is 31.1 Å². The zero-order valence-electron chi connectivity index (χ0n) is 14.9. The summed E-state index contributed by atoms with van der Waals surface area (Å²) >= 11 is 1.36. The summed E-state index contributed by atoms with van der Waals surface area (Å²) in [6.45, 7) is 4.07. The summed E-state index contributed by atoms with van der Waals surface area (Å²) in [6.07, 6.45) is 4.34. The van der Waals surface area contributed by atoms with Gasteiger partial charge in [0, 0.05) is 43.4 Å². The smallest absolute Gasteiger partial charge is 0.252 e. The van der Waals surface area contributed by atoms with Gasteiger partial charge >= 0.3 is 0 Å². The highest BCUT2D eigenvalue weighted by Crippen LogP contribution is 2.26.